The van der Waals surface area contributed by atoms with Gasteiger partial charge in [0.05, 0.1) is 14.2 Å². The molecule has 0 spiro atoms. The molecule has 2 aromatic carbocycles. The molecular weight excluding hydrogens is 384 g/mol. The Bertz CT molecular complexity index is 1120. The second kappa shape index (κ2) is 7.23. The van der Waals surface area contributed by atoms with Crippen LogP contribution in [-0.2, 0) is 12.0 Å². The molecule has 30 heavy (non-hydrogen) atoms. The Morgan fingerprint density at radius 3 is 2.43 bits per heavy atom. The van der Waals surface area contributed by atoms with E-state index in [9.17, 15) is 5.11 Å². The molecule has 7 nitrogen and oxygen atoms in total. The Morgan fingerprint density at radius 2 is 1.73 bits per heavy atom. The van der Waals surface area contributed by atoms with Crippen molar-refractivity contribution in [3.05, 3.63) is 46.3 Å². The molecule has 1 aromatic heterocycles. The third-order valence-electron chi connectivity index (χ3n) is 6.03. The van der Waals surface area contributed by atoms with E-state index in [1.165, 1.54) is 0 Å². The zero-order valence-corrected chi connectivity index (χ0v) is 18.1. The lowest BCUT2D eigenvalue weighted by Gasteiger charge is -2.35. The number of hydrogen-bond donors (Lipinski definition) is 1. The summed E-state index contributed by atoms with van der Waals surface area (Å²) in [6, 6.07) is 5.45. The Morgan fingerprint density at radius 1 is 1.00 bits per heavy atom. The van der Waals surface area contributed by atoms with Crippen molar-refractivity contribution in [2.24, 2.45) is 0 Å². The van der Waals surface area contributed by atoms with Crippen LogP contribution in [0.2, 0.25) is 0 Å². The minimum absolute atomic E-state index is 0.340. The summed E-state index contributed by atoms with van der Waals surface area (Å²) in [5, 5.41) is 18.9. The molecule has 7 heteroatoms. The second-order valence-corrected chi connectivity index (χ2v) is 7.85. The molecule has 2 heterocycles. The van der Waals surface area contributed by atoms with Crippen LogP contribution in [0.1, 0.15) is 41.5 Å². The van der Waals surface area contributed by atoms with Crippen LogP contribution in [0.15, 0.2) is 22.6 Å². The van der Waals surface area contributed by atoms with Crippen molar-refractivity contribution < 1.29 is 23.7 Å². The first kappa shape index (κ1) is 20.1. The fourth-order valence-electron chi connectivity index (χ4n) is 3.92. The van der Waals surface area contributed by atoms with Crippen molar-refractivity contribution in [1.29, 1.82) is 0 Å². The summed E-state index contributed by atoms with van der Waals surface area (Å²) in [6.45, 7) is 7.74. The van der Waals surface area contributed by atoms with E-state index >= 15 is 0 Å². The fourth-order valence-corrected chi connectivity index (χ4v) is 3.92. The quantitative estimate of drug-likeness (QED) is 0.671. The summed E-state index contributed by atoms with van der Waals surface area (Å²) in [5.41, 5.74) is 3.64. The van der Waals surface area contributed by atoms with E-state index in [2.05, 4.69) is 10.2 Å². The highest BCUT2D eigenvalue weighted by Crippen LogP contribution is 2.46. The number of ether oxygens (including phenoxy) is 3. The molecule has 1 atom stereocenters. The lowest BCUT2D eigenvalue weighted by molar-refractivity contribution is 0.0339. The molecule has 0 fully saturated rings. The van der Waals surface area contributed by atoms with Crippen molar-refractivity contribution in [2.75, 3.05) is 14.2 Å². The molecule has 3 aromatic rings. The van der Waals surface area contributed by atoms with Crippen molar-refractivity contribution in [3.63, 3.8) is 0 Å². The van der Waals surface area contributed by atoms with Crippen molar-refractivity contribution >= 4 is 0 Å². The molecule has 1 aliphatic rings. The largest absolute Gasteiger partial charge is 0.507 e. The van der Waals surface area contributed by atoms with E-state index in [4.69, 9.17) is 18.6 Å². The Labute approximate surface area is 175 Å². The molecule has 0 saturated heterocycles. The lowest BCUT2D eigenvalue weighted by atomic mass is 9.87. The first-order valence-corrected chi connectivity index (χ1v) is 9.86. The van der Waals surface area contributed by atoms with Crippen LogP contribution in [0.25, 0.3) is 11.5 Å². The third-order valence-corrected chi connectivity index (χ3v) is 6.03. The topological polar surface area (TPSA) is 86.8 Å². The molecule has 1 unspecified atom stereocenters. The Hall–Kier alpha value is -3.22. The van der Waals surface area contributed by atoms with E-state index in [1.807, 2.05) is 33.8 Å². The van der Waals surface area contributed by atoms with E-state index < -0.39 is 5.60 Å². The third kappa shape index (κ3) is 3.05. The predicted molar refractivity (Wildman–Crippen MR) is 111 cm³/mol. The SMILES string of the molecule is COc1ccc(-c2nnc(C3(C)CCc4c(C)c(O)c(C)c(C)c4O3)o2)cc1OC. The standard InChI is InChI=1S/C23H26N2O5/c1-12-13(2)20-16(14(3)19(12)26)9-10-23(4,30-20)22-25-24-21(29-22)15-7-8-17(27-5)18(11-15)28-6/h7-8,11,26H,9-10H2,1-6H3. The zero-order chi connectivity index (χ0) is 21.6. The normalized spacial score (nSPS) is 17.9. The molecule has 0 bridgehead atoms. The highest BCUT2D eigenvalue weighted by molar-refractivity contribution is 5.60. The van der Waals surface area contributed by atoms with Crippen LogP contribution in [0.4, 0.5) is 0 Å². The monoisotopic (exact) mass is 410 g/mol. The highest BCUT2D eigenvalue weighted by Gasteiger charge is 2.40. The van der Waals surface area contributed by atoms with E-state index in [0.29, 0.717) is 35.5 Å². The molecule has 4 rings (SSSR count). The maximum Gasteiger partial charge on any atom is 0.260 e. The Kier molecular flexibility index (Phi) is 4.84. The van der Waals surface area contributed by atoms with Gasteiger partial charge in [0.2, 0.25) is 5.89 Å². The molecule has 0 aliphatic carbocycles. The summed E-state index contributed by atoms with van der Waals surface area (Å²) < 4.78 is 23.1. The maximum absolute atomic E-state index is 10.4. The number of rotatable bonds is 4. The summed E-state index contributed by atoms with van der Waals surface area (Å²) >= 11 is 0. The number of phenols is 1. The molecule has 0 saturated carbocycles. The maximum atomic E-state index is 10.4. The molecule has 1 N–H and O–H groups in total. The van der Waals surface area contributed by atoms with Gasteiger partial charge >= 0.3 is 0 Å². The van der Waals surface area contributed by atoms with Gasteiger partial charge in [-0.15, -0.1) is 10.2 Å². The minimum atomic E-state index is -0.755. The molecular formula is C23H26N2O5. The fraction of sp³-hybridized carbons (Fsp3) is 0.391. The van der Waals surface area contributed by atoms with Crippen LogP contribution >= 0.6 is 0 Å². The van der Waals surface area contributed by atoms with Crippen LogP contribution in [0.5, 0.6) is 23.0 Å². The van der Waals surface area contributed by atoms with Crippen LogP contribution in [0.3, 0.4) is 0 Å². The number of nitrogens with zero attached hydrogens (tertiary/aromatic N) is 2. The molecule has 158 valence electrons. The van der Waals surface area contributed by atoms with Gasteiger partial charge in [0.15, 0.2) is 17.1 Å². The van der Waals surface area contributed by atoms with Gasteiger partial charge in [-0.2, -0.15) is 0 Å². The number of fused-ring (bicyclic) bond motifs is 1. The highest BCUT2D eigenvalue weighted by atomic mass is 16.5. The van der Waals surface area contributed by atoms with Crippen LogP contribution in [-0.4, -0.2) is 29.5 Å². The zero-order valence-electron chi connectivity index (χ0n) is 18.1. The van der Waals surface area contributed by atoms with Crippen molar-refractivity contribution in [3.8, 4) is 34.5 Å². The Balaban J connectivity index is 1.69. The van der Waals surface area contributed by atoms with Gasteiger partial charge in [-0.3, -0.25) is 0 Å². The molecule has 1 aliphatic heterocycles. The second-order valence-electron chi connectivity index (χ2n) is 7.85. The van der Waals surface area contributed by atoms with Gasteiger partial charge < -0.3 is 23.7 Å². The number of hydrogen-bond acceptors (Lipinski definition) is 7. The van der Waals surface area contributed by atoms with Crippen LogP contribution < -0.4 is 14.2 Å². The van der Waals surface area contributed by atoms with Crippen LogP contribution in [0, 0.1) is 20.8 Å². The van der Waals surface area contributed by atoms with Gasteiger partial charge in [0.25, 0.3) is 5.89 Å². The van der Waals surface area contributed by atoms with E-state index in [1.54, 1.807) is 26.4 Å². The van der Waals surface area contributed by atoms with E-state index in [0.717, 1.165) is 40.0 Å². The predicted octanol–water partition coefficient (Wildman–Crippen LogP) is 4.63. The van der Waals surface area contributed by atoms with Gasteiger partial charge in [-0.25, -0.2) is 0 Å². The minimum Gasteiger partial charge on any atom is -0.507 e. The first-order valence-electron chi connectivity index (χ1n) is 9.86. The summed E-state index contributed by atoms with van der Waals surface area (Å²) in [4.78, 5) is 0. The number of phenolic OH excluding ortho intramolecular Hbond substituents is 1. The summed E-state index contributed by atoms with van der Waals surface area (Å²) in [5.74, 6) is 3.15. The number of methoxy groups -OCH3 is 2. The smallest absolute Gasteiger partial charge is 0.260 e. The molecule has 0 amide bonds. The number of aromatic nitrogens is 2. The average molecular weight is 410 g/mol. The number of benzene rings is 2. The van der Waals surface area contributed by atoms with Gasteiger partial charge in [-0.05, 0) is 69.0 Å². The lowest BCUT2D eigenvalue weighted by Crippen LogP contribution is -2.35. The number of aromatic hydroxyl groups is 1. The van der Waals surface area contributed by atoms with Gasteiger partial charge in [0.1, 0.15) is 11.5 Å². The van der Waals surface area contributed by atoms with Crippen molar-refractivity contribution in [2.45, 2.75) is 46.1 Å². The van der Waals surface area contributed by atoms with Gasteiger partial charge in [-0.1, -0.05) is 0 Å². The van der Waals surface area contributed by atoms with E-state index in [-0.39, 0.29) is 0 Å². The van der Waals surface area contributed by atoms with Gasteiger partial charge in [0, 0.05) is 17.5 Å². The van der Waals surface area contributed by atoms with Crippen molar-refractivity contribution in [1.82, 2.24) is 10.2 Å². The molecule has 0 radical (unpaired) electrons. The first-order chi connectivity index (χ1) is 14.3. The summed E-state index contributed by atoms with van der Waals surface area (Å²) in [7, 11) is 3.17. The average Bonchev–Trinajstić information content (AvgIpc) is 3.27. The summed E-state index contributed by atoms with van der Waals surface area (Å²) in [6.07, 6.45) is 1.41.